The van der Waals surface area contributed by atoms with Gasteiger partial charge >= 0.3 is 0 Å². The fraction of sp³-hybridized carbons (Fsp3) is 0.667. The van der Waals surface area contributed by atoms with Crippen LogP contribution in [0.1, 0.15) is 0 Å². The molecule has 0 radical (unpaired) electrons. The van der Waals surface area contributed by atoms with Crippen LogP contribution in [0.4, 0.5) is 0 Å². The van der Waals surface area contributed by atoms with Crippen LogP contribution in [-0.4, -0.2) is 31.6 Å². The van der Waals surface area contributed by atoms with E-state index in [1.165, 1.54) is 0 Å². The molecule has 0 spiro atoms. The zero-order chi connectivity index (χ0) is 5.15. The maximum absolute atomic E-state index is 5.46. The minimum atomic E-state index is 0.815. The first-order valence-corrected chi connectivity index (χ1v) is 2.18. The lowest BCUT2D eigenvalue weighted by Crippen LogP contribution is -2.05. The van der Waals surface area contributed by atoms with E-state index in [-0.39, 0.29) is 0 Å². The van der Waals surface area contributed by atoms with Gasteiger partial charge in [0.25, 0.3) is 0 Å². The number of rotatable bonds is 0. The molecule has 3 heteroatoms. The van der Waals surface area contributed by atoms with Gasteiger partial charge in [-0.15, -0.1) is 0 Å². The summed E-state index contributed by atoms with van der Waals surface area (Å²) in [6, 6.07) is 0. The van der Waals surface area contributed by atoms with Crippen LogP contribution in [-0.2, 0) is 0 Å². The molecule has 0 unspecified atom stereocenters. The van der Waals surface area contributed by atoms with Crippen molar-refractivity contribution >= 4 is 24.5 Å². The molecule has 0 fully saturated rings. The summed E-state index contributed by atoms with van der Waals surface area (Å²) in [6.45, 7) is 0. The quantitative estimate of drug-likeness (QED) is 0.221. The molecule has 0 aromatic rings. The van der Waals surface area contributed by atoms with Crippen molar-refractivity contribution in [3.05, 3.63) is 0 Å². The predicted octanol–water partition coefficient (Wildman–Crippen LogP) is -0.514. The first-order valence-electron chi connectivity index (χ1n) is 1.81. The Hall–Kier alpha value is 0.0249. The van der Waals surface area contributed by atoms with Gasteiger partial charge in [-0.2, -0.15) is 0 Å². The second-order valence-corrected chi connectivity index (χ2v) is 1.94. The van der Waals surface area contributed by atoms with Crippen LogP contribution >= 0.6 is 11.6 Å². The highest BCUT2D eigenvalue weighted by Crippen LogP contribution is 1.70. The van der Waals surface area contributed by atoms with E-state index in [0.717, 1.165) is 5.07 Å². The normalized spacial score (nSPS) is 7.83. The smallest absolute Gasteiger partial charge is 0.239 e. The summed E-state index contributed by atoms with van der Waals surface area (Å²) in [5.74, 6) is 0. The topological polar surface area (TPSA) is 3.01 Å². The maximum Gasteiger partial charge on any atom is 0.241 e. The molecule has 0 aliphatic carbocycles. The third-order valence-corrected chi connectivity index (χ3v) is 0.954. The largest absolute Gasteiger partial charge is 0.241 e. The minimum Gasteiger partial charge on any atom is -0.239 e. The van der Waals surface area contributed by atoms with Gasteiger partial charge in [0.1, 0.15) is 14.1 Å². The molecule has 0 amide bonds. The van der Waals surface area contributed by atoms with E-state index in [2.05, 4.69) is 0 Å². The summed E-state index contributed by atoms with van der Waals surface area (Å²) in [4.78, 5) is 0. The SMILES string of the molecule is BC(Cl)=[N+](C)C. The summed E-state index contributed by atoms with van der Waals surface area (Å²) >= 11 is 5.46. The van der Waals surface area contributed by atoms with E-state index in [1.54, 1.807) is 0 Å². The van der Waals surface area contributed by atoms with Gasteiger partial charge in [-0.1, -0.05) is 0 Å². The van der Waals surface area contributed by atoms with Crippen molar-refractivity contribution in [2.45, 2.75) is 0 Å². The van der Waals surface area contributed by atoms with Gasteiger partial charge in [-0.05, 0) is 11.6 Å². The molecule has 1 nitrogen and oxygen atoms in total. The summed E-state index contributed by atoms with van der Waals surface area (Å²) in [6.07, 6.45) is 0. The van der Waals surface area contributed by atoms with Gasteiger partial charge in [0.15, 0.2) is 5.07 Å². The molecule has 0 heterocycles. The molecule has 0 aromatic carbocycles. The summed E-state index contributed by atoms with van der Waals surface area (Å²) in [5, 5.41) is 0.815. The van der Waals surface area contributed by atoms with Crippen molar-refractivity contribution in [1.29, 1.82) is 0 Å². The molecule has 0 bridgehead atoms. The van der Waals surface area contributed by atoms with E-state index in [0.29, 0.717) is 0 Å². The van der Waals surface area contributed by atoms with Gasteiger partial charge in [-0.3, -0.25) is 0 Å². The van der Waals surface area contributed by atoms with Crippen LogP contribution in [0.2, 0.25) is 0 Å². The molecule has 6 heavy (non-hydrogen) atoms. The zero-order valence-electron chi connectivity index (χ0n) is 4.33. The second-order valence-electron chi connectivity index (χ2n) is 1.39. The fourth-order valence-corrected chi connectivity index (χ4v) is 0. The second kappa shape index (κ2) is 2.24. The third-order valence-electron chi connectivity index (χ3n) is 0.616. The monoisotopic (exact) mass is 104 g/mol. The van der Waals surface area contributed by atoms with Crippen LogP contribution in [0.25, 0.3) is 0 Å². The molecule has 0 aliphatic rings. The highest BCUT2D eigenvalue weighted by molar-refractivity contribution is 6.91. The fourth-order valence-electron chi connectivity index (χ4n) is 0. The highest BCUT2D eigenvalue weighted by atomic mass is 35.5. The predicted molar refractivity (Wildman–Crippen MR) is 31.5 cm³/mol. The third kappa shape index (κ3) is 2.27. The number of hydrogen-bond acceptors (Lipinski definition) is 0. The summed E-state index contributed by atoms with van der Waals surface area (Å²) in [7, 11) is 5.66. The molecule has 0 aromatic heterocycles. The minimum absolute atomic E-state index is 0.815. The highest BCUT2D eigenvalue weighted by Gasteiger charge is 1.86. The van der Waals surface area contributed by atoms with Crippen molar-refractivity contribution in [2.75, 3.05) is 14.1 Å². The van der Waals surface area contributed by atoms with Crippen LogP contribution in [0.15, 0.2) is 0 Å². The van der Waals surface area contributed by atoms with Crippen LogP contribution in [0.3, 0.4) is 0 Å². The van der Waals surface area contributed by atoms with Crippen LogP contribution < -0.4 is 0 Å². The van der Waals surface area contributed by atoms with Crippen molar-refractivity contribution in [1.82, 2.24) is 0 Å². The number of nitrogens with zero attached hydrogens (tertiary/aromatic N) is 1. The van der Waals surface area contributed by atoms with Gasteiger partial charge in [0.2, 0.25) is 7.85 Å². The maximum atomic E-state index is 5.46. The van der Waals surface area contributed by atoms with Gasteiger partial charge < -0.3 is 0 Å². The molecular formula is C3H8BClN+. The molecule has 0 N–H and O–H groups in total. The zero-order valence-corrected chi connectivity index (χ0v) is 5.08. The van der Waals surface area contributed by atoms with Crippen molar-refractivity contribution in [3.63, 3.8) is 0 Å². The van der Waals surface area contributed by atoms with E-state index >= 15 is 0 Å². The Morgan fingerprint density at radius 2 is 1.83 bits per heavy atom. The van der Waals surface area contributed by atoms with Crippen molar-refractivity contribution < 1.29 is 4.58 Å². The standard InChI is InChI=1S/C3H8BClN/c1-6(2)3(4)5/h4H2,1-2H3/q+1. The van der Waals surface area contributed by atoms with Gasteiger partial charge in [-0.25, -0.2) is 4.58 Å². The van der Waals surface area contributed by atoms with Crippen LogP contribution in [0.5, 0.6) is 0 Å². The van der Waals surface area contributed by atoms with E-state index in [1.807, 2.05) is 26.5 Å². The Labute approximate surface area is 44.0 Å². The van der Waals surface area contributed by atoms with E-state index in [4.69, 9.17) is 11.6 Å². The molecule has 0 saturated carbocycles. The first-order chi connectivity index (χ1) is 2.64. The molecule has 34 valence electrons. The Balaban J connectivity index is 3.68. The lowest BCUT2D eigenvalue weighted by atomic mass is 10.2. The van der Waals surface area contributed by atoms with Crippen molar-refractivity contribution in [2.24, 2.45) is 0 Å². The van der Waals surface area contributed by atoms with Gasteiger partial charge in [0.05, 0.1) is 0 Å². The molecule has 0 atom stereocenters. The Bertz CT molecular complexity index is 60.9. The van der Waals surface area contributed by atoms with Gasteiger partial charge in [0, 0.05) is 0 Å². The summed E-state index contributed by atoms with van der Waals surface area (Å²) in [5.41, 5.74) is 0. The lowest BCUT2D eigenvalue weighted by Gasteiger charge is -1.80. The van der Waals surface area contributed by atoms with Crippen LogP contribution in [0, 0.1) is 0 Å². The first kappa shape index (κ1) is 6.02. The Morgan fingerprint density at radius 3 is 1.83 bits per heavy atom. The Morgan fingerprint density at radius 1 is 1.67 bits per heavy atom. The molecule has 0 aliphatic heterocycles. The number of halogens is 1. The average molecular weight is 104 g/mol. The van der Waals surface area contributed by atoms with Crippen molar-refractivity contribution in [3.8, 4) is 0 Å². The van der Waals surface area contributed by atoms with E-state index < -0.39 is 0 Å². The number of hydrogen-bond donors (Lipinski definition) is 0. The van der Waals surface area contributed by atoms with E-state index in [9.17, 15) is 0 Å². The molecule has 0 saturated heterocycles. The lowest BCUT2D eigenvalue weighted by molar-refractivity contribution is -0.459. The Kier molecular flexibility index (Phi) is 2.25. The summed E-state index contributed by atoms with van der Waals surface area (Å²) < 4.78 is 1.85. The molecular weight excluding hydrogens is 96.3 g/mol. The average Bonchev–Trinajstić information content (AvgIpc) is 1.36. The molecule has 0 rings (SSSR count).